The number of carbonyl (C=O) groups excluding carboxylic acids is 2. The molecule has 0 radical (unpaired) electrons. The van der Waals surface area contributed by atoms with Crippen LogP contribution in [0.4, 0.5) is 14.9 Å². The molecule has 1 aromatic heterocycles. The second-order valence-corrected chi connectivity index (χ2v) is 9.79. The zero-order valence-corrected chi connectivity index (χ0v) is 20.9. The highest BCUT2D eigenvalue weighted by molar-refractivity contribution is 6.30. The van der Waals surface area contributed by atoms with Crippen LogP contribution in [0, 0.1) is 5.82 Å². The predicted octanol–water partition coefficient (Wildman–Crippen LogP) is 5.59. The number of benzene rings is 2. The van der Waals surface area contributed by atoms with Crippen molar-refractivity contribution in [1.82, 2.24) is 15.4 Å². The maximum atomic E-state index is 14.5. The van der Waals surface area contributed by atoms with Gasteiger partial charge in [-0.3, -0.25) is 15.1 Å². The zero-order chi connectivity index (χ0) is 25.2. The SMILES string of the molecule is CN(C(=O)N1Cc2cc(F)cc(c2)CCCc2[nH]c3c(c2CC(=O)N1)CCC=C3)c1ccc(Cl)cc1. The van der Waals surface area contributed by atoms with Crippen molar-refractivity contribution < 1.29 is 14.0 Å². The van der Waals surface area contributed by atoms with E-state index in [0.29, 0.717) is 22.7 Å². The van der Waals surface area contributed by atoms with Crippen molar-refractivity contribution in [3.8, 4) is 0 Å². The maximum absolute atomic E-state index is 14.5. The van der Waals surface area contributed by atoms with E-state index in [4.69, 9.17) is 11.6 Å². The molecular weight excluding hydrogens is 479 g/mol. The van der Waals surface area contributed by atoms with Gasteiger partial charge in [0.2, 0.25) is 5.91 Å². The van der Waals surface area contributed by atoms with Crippen LogP contribution in [-0.2, 0) is 37.0 Å². The number of allylic oxidation sites excluding steroid dienone is 1. The normalized spacial score (nSPS) is 15.6. The number of aryl methyl sites for hydroxylation is 2. The Labute approximate surface area is 214 Å². The van der Waals surface area contributed by atoms with Crippen molar-refractivity contribution in [2.24, 2.45) is 0 Å². The van der Waals surface area contributed by atoms with Crippen LogP contribution >= 0.6 is 11.6 Å². The van der Waals surface area contributed by atoms with Crippen LogP contribution < -0.4 is 10.3 Å². The van der Waals surface area contributed by atoms with Gasteiger partial charge in [-0.2, -0.15) is 0 Å². The number of amides is 3. The van der Waals surface area contributed by atoms with E-state index in [1.54, 1.807) is 31.3 Å². The molecule has 0 saturated heterocycles. The standard InChI is InChI=1S/C28H28ClFN4O2/c1-33(22-11-9-20(29)10-12-22)28(36)34-17-19-13-18(14-21(30)15-19)5-4-8-26-24(16-27(35)32-34)23-6-2-3-7-25(23)31-26/h3,7,9-15,31H,2,4-6,8,16-17H2,1H3,(H,32,35). The molecule has 2 heterocycles. The third-order valence-electron chi connectivity index (χ3n) is 6.76. The first-order chi connectivity index (χ1) is 17.4. The molecule has 0 atom stereocenters. The van der Waals surface area contributed by atoms with Gasteiger partial charge in [0.05, 0.1) is 13.0 Å². The van der Waals surface area contributed by atoms with Crippen molar-refractivity contribution >= 4 is 35.3 Å². The van der Waals surface area contributed by atoms with Gasteiger partial charge in [-0.05, 0) is 96.8 Å². The summed E-state index contributed by atoms with van der Waals surface area (Å²) in [4.78, 5) is 31.7. The lowest BCUT2D eigenvalue weighted by Crippen LogP contribution is -2.51. The van der Waals surface area contributed by atoms with Crippen LogP contribution in [0.3, 0.4) is 0 Å². The van der Waals surface area contributed by atoms with Crippen LogP contribution in [0.1, 0.15) is 46.5 Å². The number of anilines is 1. The van der Waals surface area contributed by atoms with Gasteiger partial charge in [0.15, 0.2) is 0 Å². The fourth-order valence-corrected chi connectivity index (χ4v) is 5.13. The molecule has 3 aromatic rings. The number of carbonyl (C=O) groups is 2. The van der Waals surface area contributed by atoms with Crippen LogP contribution in [0.5, 0.6) is 0 Å². The summed E-state index contributed by atoms with van der Waals surface area (Å²) in [6.45, 7) is 0.0358. The van der Waals surface area contributed by atoms with E-state index in [1.807, 2.05) is 6.07 Å². The third kappa shape index (κ3) is 5.16. The summed E-state index contributed by atoms with van der Waals surface area (Å²) in [5.74, 6) is -0.648. The summed E-state index contributed by atoms with van der Waals surface area (Å²) in [5.41, 5.74) is 9.16. The van der Waals surface area contributed by atoms with Gasteiger partial charge < -0.3 is 4.98 Å². The second kappa shape index (κ2) is 10.2. The molecule has 0 spiro atoms. The number of hydrazine groups is 1. The Kier molecular flexibility index (Phi) is 6.83. The first kappa shape index (κ1) is 24.1. The molecule has 2 N–H and O–H groups in total. The molecule has 6 nitrogen and oxygen atoms in total. The molecule has 2 aromatic carbocycles. The number of aromatic amines is 1. The highest BCUT2D eigenvalue weighted by atomic mass is 35.5. The molecule has 8 heteroatoms. The Morgan fingerprint density at radius 3 is 2.64 bits per heavy atom. The van der Waals surface area contributed by atoms with Crippen LogP contribution in [0.15, 0.2) is 48.5 Å². The van der Waals surface area contributed by atoms with Crippen molar-refractivity contribution in [3.05, 3.63) is 93.0 Å². The molecule has 3 amide bonds. The topological polar surface area (TPSA) is 68.4 Å². The summed E-state index contributed by atoms with van der Waals surface area (Å²) in [7, 11) is 1.63. The highest BCUT2D eigenvalue weighted by Crippen LogP contribution is 2.28. The predicted molar refractivity (Wildman–Crippen MR) is 139 cm³/mol. The maximum Gasteiger partial charge on any atom is 0.343 e. The fourth-order valence-electron chi connectivity index (χ4n) is 5.01. The summed E-state index contributed by atoms with van der Waals surface area (Å²) < 4.78 is 14.5. The highest BCUT2D eigenvalue weighted by Gasteiger charge is 2.25. The fraction of sp³-hybridized carbons (Fsp3) is 0.286. The molecule has 0 saturated carbocycles. The number of rotatable bonds is 1. The lowest BCUT2D eigenvalue weighted by atomic mass is 9.95. The number of hydrogen-bond donors (Lipinski definition) is 2. The van der Waals surface area contributed by atoms with Crippen molar-refractivity contribution in [2.75, 3.05) is 11.9 Å². The number of H-pyrrole nitrogens is 1. The van der Waals surface area contributed by atoms with Crippen LogP contribution in [0.2, 0.25) is 5.02 Å². The van der Waals surface area contributed by atoms with E-state index in [2.05, 4.69) is 22.6 Å². The third-order valence-corrected chi connectivity index (χ3v) is 7.02. The number of hydrogen-bond acceptors (Lipinski definition) is 2. The molecule has 0 unspecified atom stereocenters. The minimum absolute atomic E-state index is 0.0358. The first-order valence-electron chi connectivity index (χ1n) is 12.1. The van der Waals surface area contributed by atoms with Crippen LogP contribution in [-0.4, -0.2) is 29.0 Å². The summed E-state index contributed by atoms with van der Waals surface area (Å²) in [6.07, 6.45) is 8.45. The number of nitrogens with one attached hydrogen (secondary N) is 2. The summed E-state index contributed by atoms with van der Waals surface area (Å²) >= 11 is 6.00. The van der Waals surface area contributed by atoms with Gasteiger partial charge >= 0.3 is 6.03 Å². The summed E-state index contributed by atoms with van der Waals surface area (Å²) in [5, 5.41) is 1.81. The number of nitrogens with zero attached hydrogens (tertiary/aromatic N) is 2. The van der Waals surface area contributed by atoms with Crippen LogP contribution in [0.25, 0.3) is 6.08 Å². The minimum atomic E-state index is -0.439. The molecule has 186 valence electrons. The Balaban J connectivity index is 1.49. The molecule has 5 rings (SSSR count). The Bertz CT molecular complexity index is 1330. The molecule has 36 heavy (non-hydrogen) atoms. The molecule has 0 fully saturated rings. The molecule has 1 aliphatic heterocycles. The lowest BCUT2D eigenvalue weighted by Gasteiger charge is -2.29. The number of urea groups is 1. The van der Waals surface area contributed by atoms with E-state index >= 15 is 0 Å². The Hall–Kier alpha value is -3.58. The average Bonchev–Trinajstić information content (AvgIpc) is 3.19. The molecule has 2 aliphatic rings. The number of fused-ring (bicyclic) bond motifs is 5. The van der Waals surface area contributed by atoms with E-state index in [9.17, 15) is 14.0 Å². The lowest BCUT2D eigenvalue weighted by molar-refractivity contribution is -0.124. The molecule has 1 aliphatic carbocycles. The molecule has 2 bridgehead atoms. The van der Waals surface area contributed by atoms with Gasteiger partial charge in [0, 0.05) is 29.1 Å². The number of aromatic nitrogens is 1. The van der Waals surface area contributed by atoms with Gasteiger partial charge in [-0.1, -0.05) is 23.7 Å². The average molecular weight is 507 g/mol. The second-order valence-electron chi connectivity index (χ2n) is 9.35. The Morgan fingerprint density at radius 2 is 1.83 bits per heavy atom. The Morgan fingerprint density at radius 1 is 1.06 bits per heavy atom. The van der Waals surface area contributed by atoms with Crippen molar-refractivity contribution in [2.45, 2.75) is 45.1 Å². The zero-order valence-electron chi connectivity index (χ0n) is 20.1. The minimum Gasteiger partial charge on any atom is -0.358 e. The van der Waals surface area contributed by atoms with E-state index in [0.717, 1.165) is 48.2 Å². The largest absolute Gasteiger partial charge is 0.358 e. The first-order valence-corrected chi connectivity index (χ1v) is 12.5. The monoisotopic (exact) mass is 506 g/mol. The number of halogens is 2. The van der Waals surface area contributed by atoms with Gasteiger partial charge in [-0.15, -0.1) is 0 Å². The van der Waals surface area contributed by atoms with E-state index in [1.165, 1.54) is 27.6 Å². The van der Waals surface area contributed by atoms with Gasteiger partial charge in [0.25, 0.3) is 0 Å². The van der Waals surface area contributed by atoms with Gasteiger partial charge in [-0.25, -0.2) is 14.2 Å². The smallest absolute Gasteiger partial charge is 0.343 e. The van der Waals surface area contributed by atoms with E-state index < -0.39 is 6.03 Å². The van der Waals surface area contributed by atoms with Crippen molar-refractivity contribution in [1.29, 1.82) is 0 Å². The van der Waals surface area contributed by atoms with Gasteiger partial charge in [0.1, 0.15) is 5.82 Å². The van der Waals surface area contributed by atoms with E-state index in [-0.39, 0.29) is 24.7 Å². The summed E-state index contributed by atoms with van der Waals surface area (Å²) in [6, 6.07) is 11.3. The quantitative estimate of drug-likeness (QED) is 0.452. The molecular formula is C28H28ClFN4O2. The van der Waals surface area contributed by atoms with Crippen molar-refractivity contribution in [3.63, 3.8) is 0 Å².